The molecule has 90 valence electrons. The fourth-order valence-corrected chi connectivity index (χ4v) is 1.89. The van der Waals surface area contributed by atoms with Crippen LogP contribution in [0, 0.1) is 13.8 Å². The third-order valence-corrected chi connectivity index (χ3v) is 2.99. The molecule has 1 aromatic rings. The quantitative estimate of drug-likeness (QED) is 0.740. The van der Waals surface area contributed by atoms with Crippen LogP contribution in [0.25, 0.3) is 0 Å². The largest absolute Gasteiger partial charge is 0.316 e. The number of likely N-dealkylation sites (N-methyl/N-ethyl adjacent to an activating group) is 2. The number of nitrogens with one attached hydrogen (secondary N) is 1. The Balaban J connectivity index is 2.52. The van der Waals surface area contributed by atoms with E-state index in [-0.39, 0.29) is 0 Å². The Morgan fingerprint density at radius 2 is 1.81 bits per heavy atom. The molecule has 1 rings (SSSR count). The smallest absolute Gasteiger partial charge is 0.0236 e. The van der Waals surface area contributed by atoms with Gasteiger partial charge in [-0.3, -0.25) is 0 Å². The highest BCUT2D eigenvalue weighted by atomic mass is 15.1. The molecule has 0 heterocycles. The van der Waals surface area contributed by atoms with Gasteiger partial charge in [-0.15, -0.1) is 0 Å². The summed E-state index contributed by atoms with van der Waals surface area (Å²) in [5, 5.41) is 3.35. The van der Waals surface area contributed by atoms with Gasteiger partial charge in [0.2, 0.25) is 0 Å². The van der Waals surface area contributed by atoms with Crippen LogP contribution < -0.4 is 5.32 Å². The van der Waals surface area contributed by atoms with Gasteiger partial charge in [-0.2, -0.15) is 0 Å². The Labute approximate surface area is 99.7 Å². The van der Waals surface area contributed by atoms with Crippen molar-refractivity contribution in [3.63, 3.8) is 0 Å². The number of hydrogen-bond donors (Lipinski definition) is 1. The van der Waals surface area contributed by atoms with Crippen molar-refractivity contribution in [2.75, 3.05) is 26.7 Å². The van der Waals surface area contributed by atoms with Crippen LogP contribution in [0.15, 0.2) is 18.2 Å². The molecule has 0 radical (unpaired) electrons. The van der Waals surface area contributed by atoms with Crippen molar-refractivity contribution < 1.29 is 0 Å². The predicted octanol–water partition coefficient (Wildman–Crippen LogP) is 2.34. The molecule has 0 aliphatic carbocycles. The Bertz CT molecular complexity index is 300. The number of benzene rings is 1. The number of nitrogens with zero attached hydrogens (tertiary/aromatic N) is 1. The highest BCUT2D eigenvalue weighted by molar-refractivity contribution is 5.33. The zero-order valence-corrected chi connectivity index (χ0v) is 11.0. The minimum Gasteiger partial charge on any atom is -0.316 e. The van der Waals surface area contributed by atoms with Crippen molar-refractivity contribution in [1.82, 2.24) is 10.2 Å². The lowest BCUT2D eigenvalue weighted by Gasteiger charge is -2.19. The zero-order chi connectivity index (χ0) is 12.0. The van der Waals surface area contributed by atoms with Crippen LogP contribution in [-0.4, -0.2) is 31.6 Å². The van der Waals surface area contributed by atoms with Crippen LogP contribution in [0.4, 0.5) is 0 Å². The third kappa shape index (κ3) is 3.95. The van der Waals surface area contributed by atoms with Gasteiger partial charge >= 0.3 is 0 Å². The molecule has 0 spiro atoms. The first-order chi connectivity index (χ1) is 7.65. The van der Waals surface area contributed by atoms with Gasteiger partial charge in [0, 0.05) is 19.6 Å². The normalized spacial score (nSPS) is 11.1. The van der Waals surface area contributed by atoms with E-state index in [2.05, 4.69) is 56.2 Å². The third-order valence-electron chi connectivity index (χ3n) is 2.99. The van der Waals surface area contributed by atoms with E-state index >= 15 is 0 Å². The molecule has 1 aromatic carbocycles. The van der Waals surface area contributed by atoms with Crippen molar-refractivity contribution in [2.24, 2.45) is 0 Å². The number of hydrogen-bond acceptors (Lipinski definition) is 2. The molecular formula is C14H24N2. The summed E-state index contributed by atoms with van der Waals surface area (Å²) in [6, 6.07) is 6.52. The predicted molar refractivity (Wildman–Crippen MR) is 70.8 cm³/mol. The first kappa shape index (κ1) is 13.2. The molecule has 0 bridgehead atoms. The van der Waals surface area contributed by atoms with Gasteiger partial charge in [0.15, 0.2) is 0 Å². The molecule has 0 aliphatic heterocycles. The Morgan fingerprint density at radius 1 is 1.19 bits per heavy atom. The van der Waals surface area contributed by atoms with Crippen LogP contribution in [0.1, 0.15) is 23.6 Å². The van der Waals surface area contributed by atoms with E-state index in [9.17, 15) is 0 Å². The molecule has 0 amide bonds. The van der Waals surface area contributed by atoms with Gasteiger partial charge in [0.05, 0.1) is 0 Å². The second-order valence-corrected chi connectivity index (χ2v) is 4.46. The van der Waals surface area contributed by atoms with Crippen LogP contribution in [0.2, 0.25) is 0 Å². The van der Waals surface area contributed by atoms with Crippen molar-refractivity contribution in [3.8, 4) is 0 Å². The van der Waals surface area contributed by atoms with Crippen molar-refractivity contribution in [3.05, 3.63) is 34.9 Å². The SMILES string of the molecule is CCNCCN(C)Cc1c(C)cccc1C. The summed E-state index contributed by atoms with van der Waals surface area (Å²) < 4.78 is 0. The zero-order valence-electron chi connectivity index (χ0n) is 11.0. The maximum Gasteiger partial charge on any atom is 0.0236 e. The average Bonchev–Trinajstić information content (AvgIpc) is 2.24. The molecule has 1 N–H and O–H groups in total. The first-order valence-electron chi connectivity index (χ1n) is 6.09. The average molecular weight is 220 g/mol. The van der Waals surface area contributed by atoms with Crippen molar-refractivity contribution >= 4 is 0 Å². The van der Waals surface area contributed by atoms with E-state index in [4.69, 9.17) is 0 Å². The number of aryl methyl sites for hydroxylation is 2. The molecule has 0 atom stereocenters. The molecule has 0 unspecified atom stereocenters. The topological polar surface area (TPSA) is 15.3 Å². The molecule has 0 aromatic heterocycles. The maximum absolute atomic E-state index is 3.35. The molecule has 0 saturated carbocycles. The maximum atomic E-state index is 3.35. The lowest BCUT2D eigenvalue weighted by Crippen LogP contribution is -2.29. The van der Waals surface area contributed by atoms with Crippen LogP contribution in [0.3, 0.4) is 0 Å². The summed E-state index contributed by atoms with van der Waals surface area (Å²) in [4.78, 5) is 2.37. The van der Waals surface area contributed by atoms with E-state index < -0.39 is 0 Å². The minimum atomic E-state index is 1.05. The van der Waals surface area contributed by atoms with Crippen molar-refractivity contribution in [2.45, 2.75) is 27.3 Å². The highest BCUT2D eigenvalue weighted by Gasteiger charge is 2.05. The van der Waals surface area contributed by atoms with Crippen molar-refractivity contribution in [1.29, 1.82) is 0 Å². The minimum absolute atomic E-state index is 1.05. The van der Waals surface area contributed by atoms with E-state index in [1.54, 1.807) is 0 Å². The summed E-state index contributed by atoms with van der Waals surface area (Å²) in [6.45, 7) is 10.8. The fraction of sp³-hybridized carbons (Fsp3) is 0.571. The van der Waals surface area contributed by atoms with Gasteiger partial charge in [0.1, 0.15) is 0 Å². The highest BCUT2D eigenvalue weighted by Crippen LogP contribution is 2.14. The van der Waals surface area contributed by atoms with Crippen LogP contribution in [0.5, 0.6) is 0 Å². The van der Waals surface area contributed by atoms with Gasteiger partial charge in [-0.05, 0) is 44.1 Å². The lowest BCUT2D eigenvalue weighted by atomic mass is 10.0. The van der Waals surface area contributed by atoms with Gasteiger partial charge in [-0.25, -0.2) is 0 Å². The van der Waals surface area contributed by atoms with Gasteiger partial charge < -0.3 is 10.2 Å². The summed E-state index contributed by atoms with van der Waals surface area (Å²) in [6.07, 6.45) is 0. The standard InChI is InChI=1S/C14H24N2/c1-5-15-9-10-16(4)11-14-12(2)7-6-8-13(14)3/h6-8,15H,5,9-11H2,1-4H3. The second-order valence-electron chi connectivity index (χ2n) is 4.46. The fourth-order valence-electron chi connectivity index (χ4n) is 1.89. The Hall–Kier alpha value is -0.860. The first-order valence-corrected chi connectivity index (χ1v) is 6.09. The summed E-state index contributed by atoms with van der Waals surface area (Å²) in [7, 11) is 2.18. The van der Waals surface area contributed by atoms with Crippen LogP contribution in [-0.2, 0) is 6.54 Å². The summed E-state index contributed by atoms with van der Waals surface area (Å²) in [5.41, 5.74) is 4.27. The van der Waals surface area contributed by atoms with E-state index in [0.717, 1.165) is 26.2 Å². The monoisotopic (exact) mass is 220 g/mol. The van der Waals surface area contributed by atoms with E-state index in [0.29, 0.717) is 0 Å². The molecule has 0 fully saturated rings. The molecule has 0 aliphatic rings. The Kier molecular flexibility index (Phi) is 5.50. The number of rotatable bonds is 6. The molecule has 16 heavy (non-hydrogen) atoms. The second kappa shape index (κ2) is 6.66. The van der Waals surface area contributed by atoms with Gasteiger partial charge in [-0.1, -0.05) is 25.1 Å². The molecular weight excluding hydrogens is 196 g/mol. The molecule has 2 nitrogen and oxygen atoms in total. The van der Waals surface area contributed by atoms with Crippen LogP contribution >= 0.6 is 0 Å². The van der Waals surface area contributed by atoms with E-state index in [1.807, 2.05) is 0 Å². The molecule has 0 saturated heterocycles. The molecule has 2 heteroatoms. The summed E-state index contributed by atoms with van der Waals surface area (Å²) >= 11 is 0. The summed E-state index contributed by atoms with van der Waals surface area (Å²) in [5.74, 6) is 0. The Morgan fingerprint density at radius 3 is 2.38 bits per heavy atom. The van der Waals surface area contributed by atoms with E-state index in [1.165, 1.54) is 16.7 Å². The van der Waals surface area contributed by atoms with Gasteiger partial charge in [0.25, 0.3) is 0 Å². The lowest BCUT2D eigenvalue weighted by molar-refractivity contribution is 0.324.